The van der Waals surface area contributed by atoms with E-state index in [2.05, 4.69) is 10.0 Å². The molecule has 0 aromatic heterocycles. The van der Waals surface area contributed by atoms with Gasteiger partial charge in [-0.3, -0.25) is 9.59 Å². The zero-order valence-corrected chi connectivity index (χ0v) is 23.0. The average Bonchev–Trinajstić information content (AvgIpc) is 3.27. The fraction of sp³-hybridized carbons (Fsp3) is 0.464. The molecule has 0 saturated carbocycles. The maximum Gasteiger partial charge on any atom is 0.306 e. The number of carbonyl (C=O) groups is 2. The zero-order valence-electron chi connectivity index (χ0n) is 23.0. The molecule has 1 N–H and O–H groups in total. The van der Waals surface area contributed by atoms with Crippen molar-refractivity contribution in [1.29, 1.82) is 0 Å². The van der Waals surface area contributed by atoms with Crippen LogP contribution in [0.25, 0.3) is 10.4 Å². The molecular weight excluding hydrogens is 502 g/mol. The van der Waals surface area contributed by atoms with Crippen LogP contribution in [-0.2, 0) is 19.1 Å². The number of hydrogen-bond donors (Lipinski definition) is 1. The van der Waals surface area contributed by atoms with E-state index in [4.69, 9.17) is 29.8 Å². The van der Waals surface area contributed by atoms with E-state index in [9.17, 15) is 9.59 Å². The van der Waals surface area contributed by atoms with Crippen molar-refractivity contribution >= 4 is 23.5 Å². The number of carbonyl (C=O) groups excluding carboxylic acids is 2. The van der Waals surface area contributed by atoms with E-state index in [-0.39, 0.29) is 31.3 Å². The summed E-state index contributed by atoms with van der Waals surface area (Å²) in [7, 11) is 3.22. The Hall–Kier alpha value is -4.08. The number of benzene rings is 2. The van der Waals surface area contributed by atoms with Crippen molar-refractivity contribution in [3.8, 4) is 5.75 Å². The molecule has 11 heteroatoms. The molecule has 1 aliphatic rings. The number of ether oxygens (including phenoxy) is 3. The summed E-state index contributed by atoms with van der Waals surface area (Å²) in [5.41, 5.74) is 8.30. The maximum absolute atomic E-state index is 13.8. The molecule has 11 nitrogen and oxygen atoms in total. The number of amides is 1. The van der Waals surface area contributed by atoms with Crippen molar-refractivity contribution in [2.75, 3.05) is 27.3 Å². The first-order chi connectivity index (χ1) is 18.5. The molecule has 1 heterocycles. The lowest BCUT2D eigenvalue weighted by Crippen LogP contribution is -2.48. The lowest BCUT2D eigenvalue weighted by molar-refractivity contribution is -0.155. The van der Waals surface area contributed by atoms with Gasteiger partial charge in [-0.1, -0.05) is 29.4 Å². The molecule has 1 amide bonds. The third-order valence-corrected chi connectivity index (χ3v) is 5.92. The smallest absolute Gasteiger partial charge is 0.306 e. The number of likely N-dealkylation sites (N-methyl/N-ethyl adjacent to an activating group) is 1. The Kier molecular flexibility index (Phi) is 9.56. The summed E-state index contributed by atoms with van der Waals surface area (Å²) < 4.78 is 17.5. The number of nitrogens with zero attached hydrogens (tertiary/aromatic N) is 5. The van der Waals surface area contributed by atoms with Crippen LogP contribution in [0.4, 0.5) is 5.69 Å². The Morgan fingerprint density at radius 2 is 1.87 bits per heavy atom. The highest BCUT2D eigenvalue weighted by molar-refractivity contribution is 6.01. The number of hydrogen-bond acceptors (Lipinski definition) is 8. The van der Waals surface area contributed by atoms with Crippen molar-refractivity contribution < 1.29 is 28.9 Å². The van der Waals surface area contributed by atoms with Crippen LogP contribution in [0.1, 0.15) is 57.3 Å². The van der Waals surface area contributed by atoms with Crippen LogP contribution in [0.2, 0.25) is 0 Å². The molecule has 0 unspecified atom stereocenters. The number of aliphatic hydroxyl groups excluding tert-OH is 1. The number of esters is 1. The first-order valence-corrected chi connectivity index (χ1v) is 12.7. The Morgan fingerprint density at radius 1 is 1.18 bits per heavy atom. The zero-order chi connectivity index (χ0) is 28.6. The number of aliphatic imine (C=N–C) groups is 1. The minimum Gasteiger partial charge on any atom is -0.494 e. The monoisotopic (exact) mass is 537 g/mol. The van der Waals surface area contributed by atoms with E-state index < -0.39 is 23.2 Å². The molecule has 2 atom stereocenters. The van der Waals surface area contributed by atoms with E-state index in [1.807, 2.05) is 0 Å². The van der Waals surface area contributed by atoms with E-state index >= 15 is 0 Å². The predicted molar refractivity (Wildman–Crippen MR) is 146 cm³/mol. The topological polar surface area (TPSA) is 146 Å². The molecule has 0 radical (unpaired) electrons. The Bertz CT molecular complexity index is 1250. The van der Waals surface area contributed by atoms with E-state index in [1.54, 1.807) is 83.4 Å². The maximum atomic E-state index is 13.8. The van der Waals surface area contributed by atoms with Gasteiger partial charge in [0, 0.05) is 55.3 Å². The standard InChI is InChI=1S/C28H35N5O6/c1-27(2,3)39-23(35)15-16-28(26(36)33(4)5)24(21-9-6-7-10-22(21)31-32-29)38-25(30-28)19-11-13-20(14-12-19)37-18-8-17-34/h6-7,9-14,24,34H,8,15-18H2,1-5H3/t24-,28-/m1/s1. The summed E-state index contributed by atoms with van der Waals surface area (Å²) in [5, 5.41) is 12.8. The Labute approximate surface area is 228 Å². The highest BCUT2D eigenvalue weighted by Gasteiger charge is 2.54. The highest BCUT2D eigenvalue weighted by Crippen LogP contribution is 2.46. The van der Waals surface area contributed by atoms with Gasteiger partial charge in [0.15, 0.2) is 11.6 Å². The summed E-state index contributed by atoms with van der Waals surface area (Å²) in [5.74, 6) is -0.0251. The van der Waals surface area contributed by atoms with Crippen molar-refractivity contribution in [3.05, 3.63) is 70.1 Å². The predicted octanol–water partition coefficient (Wildman–Crippen LogP) is 4.86. The second-order valence-electron chi connectivity index (χ2n) is 10.3. The van der Waals surface area contributed by atoms with Gasteiger partial charge in [0.2, 0.25) is 5.90 Å². The van der Waals surface area contributed by atoms with Crippen molar-refractivity contribution in [2.24, 2.45) is 10.1 Å². The van der Waals surface area contributed by atoms with Gasteiger partial charge in [0.1, 0.15) is 11.4 Å². The SMILES string of the molecule is CN(C)C(=O)[C@]1(CCC(=O)OC(C)(C)C)N=C(c2ccc(OCCCO)cc2)O[C@@H]1c1ccccc1N=[N+]=[N-]. The molecule has 39 heavy (non-hydrogen) atoms. The second-order valence-corrected chi connectivity index (χ2v) is 10.3. The second kappa shape index (κ2) is 12.6. The molecule has 2 aromatic rings. The van der Waals surface area contributed by atoms with Crippen LogP contribution >= 0.6 is 0 Å². The highest BCUT2D eigenvalue weighted by atomic mass is 16.6. The van der Waals surface area contributed by atoms with Gasteiger partial charge < -0.3 is 24.2 Å². The Balaban J connectivity index is 2.08. The van der Waals surface area contributed by atoms with Crippen molar-refractivity contribution in [2.45, 2.75) is 57.3 Å². The van der Waals surface area contributed by atoms with E-state index in [0.717, 1.165) is 0 Å². The number of aliphatic hydroxyl groups is 1. The largest absolute Gasteiger partial charge is 0.494 e. The summed E-state index contributed by atoms with van der Waals surface area (Å²) in [4.78, 5) is 35.7. The Morgan fingerprint density at radius 3 is 2.49 bits per heavy atom. The first kappa shape index (κ1) is 29.5. The molecule has 208 valence electrons. The van der Waals surface area contributed by atoms with Crippen LogP contribution in [-0.4, -0.2) is 66.2 Å². The molecule has 0 saturated heterocycles. The van der Waals surface area contributed by atoms with Gasteiger partial charge in [-0.15, -0.1) is 0 Å². The summed E-state index contributed by atoms with van der Waals surface area (Å²) >= 11 is 0. The first-order valence-electron chi connectivity index (χ1n) is 12.7. The summed E-state index contributed by atoms with van der Waals surface area (Å²) in [6, 6.07) is 13.8. The van der Waals surface area contributed by atoms with E-state index in [0.29, 0.717) is 35.6 Å². The summed E-state index contributed by atoms with van der Waals surface area (Å²) in [6.45, 7) is 5.73. The van der Waals surface area contributed by atoms with Crippen molar-refractivity contribution in [1.82, 2.24) is 4.90 Å². The normalized spacial score (nSPS) is 18.4. The molecule has 0 fully saturated rings. The molecule has 2 aromatic carbocycles. The van der Waals surface area contributed by atoms with Gasteiger partial charge >= 0.3 is 5.97 Å². The van der Waals surface area contributed by atoms with Gasteiger partial charge in [-0.05, 0) is 57.0 Å². The fourth-order valence-corrected chi connectivity index (χ4v) is 4.25. The minimum atomic E-state index is -1.53. The van der Waals surface area contributed by atoms with Crippen LogP contribution in [0, 0.1) is 0 Å². The third kappa shape index (κ3) is 7.28. The molecule has 0 spiro atoms. The van der Waals surface area contributed by atoms with Crippen LogP contribution in [0.15, 0.2) is 58.6 Å². The van der Waals surface area contributed by atoms with Crippen molar-refractivity contribution in [3.63, 3.8) is 0 Å². The lowest BCUT2D eigenvalue weighted by Gasteiger charge is -2.33. The van der Waals surface area contributed by atoms with Crippen LogP contribution < -0.4 is 4.74 Å². The van der Waals surface area contributed by atoms with Gasteiger partial charge in [-0.25, -0.2) is 4.99 Å². The minimum absolute atomic E-state index is 0.0000495. The quantitative estimate of drug-likeness (QED) is 0.142. The van der Waals surface area contributed by atoms with E-state index in [1.165, 1.54) is 4.90 Å². The number of azide groups is 1. The van der Waals surface area contributed by atoms with Gasteiger partial charge in [-0.2, -0.15) is 0 Å². The third-order valence-electron chi connectivity index (χ3n) is 5.92. The van der Waals surface area contributed by atoms with Crippen LogP contribution in [0.3, 0.4) is 0 Å². The fourth-order valence-electron chi connectivity index (χ4n) is 4.25. The van der Waals surface area contributed by atoms with Crippen LogP contribution in [0.5, 0.6) is 5.75 Å². The molecule has 0 aliphatic carbocycles. The average molecular weight is 538 g/mol. The lowest BCUT2D eigenvalue weighted by atomic mass is 9.82. The molecular formula is C28H35N5O6. The van der Waals surface area contributed by atoms with Gasteiger partial charge in [0.05, 0.1) is 6.61 Å². The number of rotatable bonds is 11. The molecule has 0 bridgehead atoms. The summed E-state index contributed by atoms with van der Waals surface area (Å²) in [6.07, 6.45) is -0.557. The molecule has 1 aliphatic heterocycles. The van der Waals surface area contributed by atoms with Gasteiger partial charge in [0.25, 0.3) is 5.91 Å². The molecule has 3 rings (SSSR count).